The molecular weight excluding hydrogens is 418 g/mol. The third-order valence-corrected chi connectivity index (χ3v) is 4.22. The fourth-order valence-corrected chi connectivity index (χ4v) is 2.44. The number of nitrogens with one attached hydrogen (secondary N) is 3. The highest BCUT2D eigenvalue weighted by Crippen LogP contribution is 2.03. The van der Waals surface area contributed by atoms with Crippen LogP contribution in [-0.4, -0.2) is 82.4 Å². The molecule has 0 saturated heterocycles. The Morgan fingerprint density at radius 3 is 1.97 bits per heavy atom. The first kappa shape index (κ1) is 27.4. The van der Waals surface area contributed by atoms with E-state index in [1.165, 1.54) is 13.8 Å². The number of amides is 3. The lowest BCUT2D eigenvalue weighted by atomic mass is 10.1. The van der Waals surface area contributed by atoms with Gasteiger partial charge < -0.3 is 43.4 Å². The van der Waals surface area contributed by atoms with Gasteiger partial charge in [-0.15, -0.1) is 0 Å². The first-order valence-corrected chi connectivity index (χ1v) is 9.77. The second kappa shape index (κ2) is 13.6. The van der Waals surface area contributed by atoms with E-state index in [2.05, 4.69) is 33.6 Å². The van der Waals surface area contributed by atoms with Gasteiger partial charge in [-0.05, 0) is 26.7 Å². The molecule has 0 aliphatic heterocycles. The molecule has 0 rings (SSSR count). The number of aliphatic imine (C=N–C) groups is 1. The normalized spacial score (nSPS) is 15.6. The number of hydrogen-bond donors (Lipinski definition) is 9. The number of carboxylic acid groups (broad SMARTS) is 1. The van der Waals surface area contributed by atoms with Crippen LogP contribution in [0, 0.1) is 0 Å². The molecule has 0 spiro atoms. The molecule has 0 saturated carbocycles. The molecule has 0 bridgehead atoms. The number of hydrogen-bond acceptors (Lipinski definition) is 8. The molecule has 0 radical (unpaired) electrons. The molecule has 0 aliphatic carbocycles. The lowest BCUT2D eigenvalue weighted by molar-refractivity contribution is -0.145. The van der Waals surface area contributed by atoms with Gasteiger partial charge in [0.1, 0.15) is 12.1 Å². The van der Waals surface area contributed by atoms with Crippen molar-refractivity contribution in [3.05, 3.63) is 0 Å². The van der Waals surface area contributed by atoms with Gasteiger partial charge in [0.25, 0.3) is 0 Å². The molecule has 0 aromatic carbocycles. The topological polar surface area (TPSA) is 235 Å². The Balaban J connectivity index is 5.32. The highest BCUT2D eigenvalue weighted by Gasteiger charge is 2.31. The van der Waals surface area contributed by atoms with Crippen LogP contribution in [0.1, 0.15) is 26.7 Å². The molecule has 0 aliphatic rings. The Bertz CT molecular complexity index is 640. The zero-order chi connectivity index (χ0) is 23.4. The summed E-state index contributed by atoms with van der Waals surface area (Å²) < 4.78 is 0. The number of carbonyl (C=O) groups is 4. The largest absolute Gasteiger partial charge is 0.480 e. The summed E-state index contributed by atoms with van der Waals surface area (Å²) in [6.45, 7) is 2.80. The highest BCUT2D eigenvalue weighted by atomic mass is 32.1. The first-order chi connectivity index (χ1) is 13.9. The van der Waals surface area contributed by atoms with Gasteiger partial charge in [-0.3, -0.25) is 19.4 Å². The van der Waals surface area contributed by atoms with Gasteiger partial charge >= 0.3 is 5.97 Å². The Labute approximate surface area is 179 Å². The van der Waals surface area contributed by atoms with Crippen LogP contribution < -0.4 is 33.2 Å². The summed E-state index contributed by atoms with van der Waals surface area (Å²) >= 11 is 4.02. The van der Waals surface area contributed by atoms with Crippen molar-refractivity contribution < 1.29 is 29.4 Å². The molecule has 0 aromatic heterocycles. The summed E-state index contributed by atoms with van der Waals surface area (Å²) in [6.07, 6.45) is -1.04. The van der Waals surface area contributed by atoms with Crippen molar-refractivity contribution >= 4 is 42.3 Å². The van der Waals surface area contributed by atoms with E-state index < -0.39 is 54.0 Å². The monoisotopic (exact) mass is 449 g/mol. The van der Waals surface area contributed by atoms with Gasteiger partial charge in [-0.25, -0.2) is 4.79 Å². The van der Waals surface area contributed by atoms with Crippen LogP contribution >= 0.6 is 12.6 Å². The predicted molar refractivity (Wildman–Crippen MR) is 113 cm³/mol. The van der Waals surface area contributed by atoms with E-state index >= 15 is 0 Å². The van der Waals surface area contributed by atoms with Crippen LogP contribution in [0.15, 0.2) is 4.99 Å². The molecule has 5 atom stereocenters. The van der Waals surface area contributed by atoms with Crippen LogP contribution in [0.4, 0.5) is 0 Å². The number of aliphatic hydroxyl groups is 1. The van der Waals surface area contributed by atoms with Crippen molar-refractivity contribution in [2.45, 2.75) is 57.0 Å². The summed E-state index contributed by atoms with van der Waals surface area (Å²) in [4.78, 5) is 51.8. The van der Waals surface area contributed by atoms with Crippen molar-refractivity contribution in [3.63, 3.8) is 0 Å². The Kier molecular flexibility index (Phi) is 12.4. The number of thiol groups is 1. The SMILES string of the molecule is CC(N)C(=O)NC(CS)C(=O)NC(CCCN=C(N)N)C(=O)NC(C(=O)O)C(C)O. The van der Waals surface area contributed by atoms with E-state index in [9.17, 15) is 24.3 Å². The number of nitrogens with zero attached hydrogens (tertiary/aromatic N) is 1. The minimum atomic E-state index is -1.58. The number of carboxylic acids is 1. The van der Waals surface area contributed by atoms with Gasteiger partial charge in [-0.2, -0.15) is 12.6 Å². The maximum absolute atomic E-state index is 12.6. The van der Waals surface area contributed by atoms with Gasteiger partial charge in [-0.1, -0.05) is 0 Å². The van der Waals surface area contributed by atoms with E-state index in [0.717, 1.165) is 0 Å². The van der Waals surface area contributed by atoms with E-state index in [0.29, 0.717) is 0 Å². The lowest BCUT2D eigenvalue weighted by Crippen LogP contribution is -2.58. The van der Waals surface area contributed by atoms with E-state index in [4.69, 9.17) is 22.3 Å². The number of aliphatic hydroxyl groups excluding tert-OH is 1. The van der Waals surface area contributed by atoms with Crippen molar-refractivity contribution in [1.82, 2.24) is 16.0 Å². The summed E-state index contributed by atoms with van der Waals surface area (Å²) in [5.74, 6) is -3.80. The highest BCUT2D eigenvalue weighted by molar-refractivity contribution is 7.80. The van der Waals surface area contributed by atoms with Crippen LogP contribution in [0.25, 0.3) is 0 Å². The molecule has 11 N–H and O–H groups in total. The summed E-state index contributed by atoms with van der Waals surface area (Å²) in [5, 5.41) is 25.7. The lowest BCUT2D eigenvalue weighted by Gasteiger charge is -2.25. The maximum Gasteiger partial charge on any atom is 0.328 e. The van der Waals surface area contributed by atoms with Crippen molar-refractivity contribution in [2.75, 3.05) is 12.3 Å². The Morgan fingerprint density at radius 2 is 1.53 bits per heavy atom. The zero-order valence-corrected chi connectivity index (χ0v) is 17.8. The molecule has 3 amide bonds. The van der Waals surface area contributed by atoms with Gasteiger partial charge in [0, 0.05) is 12.3 Å². The minimum absolute atomic E-state index is 0.0566. The molecule has 30 heavy (non-hydrogen) atoms. The quantitative estimate of drug-likeness (QED) is 0.0580. The van der Waals surface area contributed by atoms with Crippen LogP contribution in [0.3, 0.4) is 0 Å². The Hall–Kier alpha value is -2.58. The van der Waals surface area contributed by atoms with Crippen molar-refractivity contribution in [2.24, 2.45) is 22.2 Å². The van der Waals surface area contributed by atoms with Gasteiger partial charge in [0.05, 0.1) is 12.1 Å². The minimum Gasteiger partial charge on any atom is -0.480 e. The smallest absolute Gasteiger partial charge is 0.328 e. The fourth-order valence-electron chi connectivity index (χ4n) is 2.18. The van der Waals surface area contributed by atoms with E-state index in [1.54, 1.807) is 0 Å². The van der Waals surface area contributed by atoms with Crippen LogP contribution in [-0.2, 0) is 19.2 Å². The maximum atomic E-state index is 12.6. The molecule has 0 heterocycles. The van der Waals surface area contributed by atoms with E-state index in [-0.39, 0.29) is 31.1 Å². The standard InChI is InChI=1S/C16H31N7O6S/c1-7(17)12(25)22-10(6-30)14(27)21-9(4-3-5-20-16(18)19)13(26)23-11(8(2)24)15(28)29/h7-11,24,30H,3-6,17H2,1-2H3,(H,21,27)(H,22,25)(H,23,26)(H,28,29)(H4,18,19,20). The summed E-state index contributed by atoms with van der Waals surface area (Å²) in [7, 11) is 0. The average Bonchev–Trinajstić information content (AvgIpc) is 2.64. The molecule has 5 unspecified atom stereocenters. The second-order valence-corrected chi connectivity index (χ2v) is 6.97. The van der Waals surface area contributed by atoms with Crippen molar-refractivity contribution in [3.8, 4) is 0 Å². The number of nitrogens with two attached hydrogens (primary N) is 3. The number of aliphatic carboxylic acids is 1. The average molecular weight is 450 g/mol. The molecular formula is C16H31N7O6S. The molecule has 0 aromatic rings. The van der Waals surface area contributed by atoms with Crippen LogP contribution in [0.2, 0.25) is 0 Å². The Morgan fingerprint density at radius 1 is 1.00 bits per heavy atom. The predicted octanol–water partition coefficient (Wildman–Crippen LogP) is -3.76. The molecule has 172 valence electrons. The first-order valence-electron chi connectivity index (χ1n) is 9.14. The second-order valence-electron chi connectivity index (χ2n) is 6.61. The summed E-state index contributed by atoms with van der Waals surface area (Å²) in [5.41, 5.74) is 15.9. The zero-order valence-electron chi connectivity index (χ0n) is 16.9. The molecule has 13 nitrogen and oxygen atoms in total. The third-order valence-electron chi connectivity index (χ3n) is 3.85. The van der Waals surface area contributed by atoms with Gasteiger partial charge in [0.2, 0.25) is 17.7 Å². The fraction of sp³-hybridized carbons (Fsp3) is 0.688. The van der Waals surface area contributed by atoms with Crippen LogP contribution in [0.5, 0.6) is 0 Å². The van der Waals surface area contributed by atoms with E-state index in [1.807, 2.05) is 0 Å². The number of carbonyl (C=O) groups excluding carboxylic acids is 3. The number of rotatable bonds is 13. The summed E-state index contributed by atoms with van der Waals surface area (Å²) in [6, 6.07) is -4.69. The van der Waals surface area contributed by atoms with Gasteiger partial charge in [0.15, 0.2) is 12.0 Å². The van der Waals surface area contributed by atoms with Crippen molar-refractivity contribution in [1.29, 1.82) is 0 Å². The third kappa shape index (κ3) is 10.3. The molecule has 0 fully saturated rings. The molecule has 14 heteroatoms. The number of guanidine groups is 1.